The van der Waals surface area contributed by atoms with Gasteiger partial charge in [0.2, 0.25) is 5.69 Å². The summed E-state index contributed by atoms with van der Waals surface area (Å²) >= 11 is 0. The molecular weight excluding hydrogens is 1030 g/mol. The zero-order valence-electron chi connectivity index (χ0n) is 38.6. The van der Waals surface area contributed by atoms with Crippen molar-refractivity contribution in [3.63, 3.8) is 0 Å². The third kappa shape index (κ3) is 11.9. The number of carbonyl (C=O) groups is 1. The standard InChI is InChI=1S/C46H52N2O18S5/c1-45(2)40(48(23-24-66-4)36-19-17-32-34(43(36)45)26-30(68(54,55)56)28-38(32)70(60,61)62)14-9-6-5-7-10-15-41-46(3,21-13-25-67(51,52)53)44-35-27-31(69(57,58)59)29-39(71(63,64)65)33(35)18-20-37(44)47(41)22-12-8-11-16-42(49)50/h5-7,9-10,14-15,17-20,26-29H,8,11-13,16,21-25H2,1-4H3,(H5-,49,50,51,52,53,54,55,56,57,58,59,60,61,62,63,64,65)/p-4. The quantitative estimate of drug-likeness (QED) is 0.0500. The Morgan fingerprint density at radius 1 is 0.676 bits per heavy atom. The maximum atomic E-state index is 12.5. The summed E-state index contributed by atoms with van der Waals surface area (Å²) in [5.74, 6) is -1.80. The molecule has 20 nitrogen and oxygen atoms in total. The summed E-state index contributed by atoms with van der Waals surface area (Å²) in [4.78, 5) is 9.32. The van der Waals surface area contributed by atoms with E-state index in [2.05, 4.69) is 0 Å². The molecule has 0 radical (unpaired) electrons. The van der Waals surface area contributed by atoms with E-state index in [1.54, 1.807) is 74.3 Å². The number of carboxylic acid groups (broad SMARTS) is 1. The average Bonchev–Trinajstić information content (AvgIpc) is 3.61. The number of fused-ring (bicyclic) bond motifs is 6. The molecule has 0 fully saturated rings. The van der Waals surface area contributed by atoms with E-state index in [0.29, 0.717) is 59.7 Å². The Morgan fingerprint density at radius 3 is 1.76 bits per heavy atom. The van der Waals surface area contributed by atoms with Gasteiger partial charge >= 0.3 is 5.97 Å². The highest BCUT2D eigenvalue weighted by molar-refractivity contribution is 7.87. The molecule has 6 rings (SSSR count). The second-order valence-corrected chi connectivity index (χ2v) is 24.6. The lowest BCUT2D eigenvalue weighted by molar-refractivity contribution is -0.441. The molecule has 0 bridgehead atoms. The van der Waals surface area contributed by atoms with Gasteiger partial charge in [0.1, 0.15) is 47.1 Å². The molecule has 1 atom stereocenters. The van der Waals surface area contributed by atoms with E-state index in [1.165, 1.54) is 25.3 Å². The second-order valence-electron chi connectivity index (χ2n) is 17.7. The first-order valence-electron chi connectivity index (χ1n) is 21.7. The van der Waals surface area contributed by atoms with Crippen LogP contribution in [0.15, 0.2) is 116 Å². The molecule has 4 aromatic rings. The van der Waals surface area contributed by atoms with Crippen molar-refractivity contribution in [1.82, 2.24) is 0 Å². The summed E-state index contributed by atoms with van der Waals surface area (Å²) in [6.07, 6.45) is 12.4. The van der Waals surface area contributed by atoms with Crippen molar-refractivity contribution in [1.29, 1.82) is 0 Å². The van der Waals surface area contributed by atoms with Crippen LogP contribution in [0.5, 0.6) is 0 Å². The van der Waals surface area contributed by atoms with Crippen LogP contribution in [0.25, 0.3) is 21.5 Å². The highest BCUT2D eigenvalue weighted by atomic mass is 32.2. The maximum absolute atomic E-state index is 12.5. The molecule has 1 unspecified atom stereocenters. The summed E-state index contributed by atoms with van der Waals surface area (Å²) in [5.41, 5.74) is 0.390. The van der Waals surface area contributed by atoms with Gasteiger partial charge in [-0.1, -0.05) is 42.9 Å². The van der Waals surface area contributed by atoms with Crippen LogP contribution in [0.4, 0.5) is 11.4 Å². The lowest BCUT2D eigenvalue weighted by Crippen LogP contribution is -2.30. The minimum atomic E-state index is -5.38. The van der Waals surface area contributed by atoms with Gasteiger partial charge in [-0.25, -0.2) is 42.1 Å². The molecule has 0 saturated heterocycles. The fourth-order valence-electron chi connectivity index (χ4n) is 9.57. The number of carboxylic acids is 1. The lowest BCUT2D eigenvalue weighted by atomic mass is 9.75. The van der Waals surface area contributed by atoms with Crippen LogP contribution in [0.2, 0.25) is 0 Å². The highest BCUT2D eigenvalue weighted by Gasteiger charge is 2.47. The number of methoxy groups -OCH3 is 1. The lowest BCUT2D eigenvalue weighted by Gasteiger charge is -2.31. The van der Waals surface area contributed by atoms with Gasteiger partial charge in [0.25, 0.3) is 0 Å². The number of benzene rings is 4. The first-order chi connectivity index (χ1) is 32.8. The summed E-state index contributed by atoms with van der Waals surface area (Å²) in [6, 6.07) is 8.80. The van der Waals surface area contributed by atoms with Gasteiger partial charge in [-0.2, -0.15) is 4.58 Å². The number of rotatable bonds is 21. The number of unbranched alkanes of at least 4 members (excludes halogenated alkanes) is 2. The number of hydrogen-bond donors (Lipinski definition) is 1. The minimum Gasteiger partial charge on any atom is -0.748 e. The molecule has 384 valence electrons. The topological polar surface area (TPSA) is 339 Å². The van der Waals surface area contributed by atoms with E-state index in [-0.39, 0.29) is 66.1 Å². The SMILES string of the molecule is COCC[N+]1=C(/C=C/C=C/C=C/C=C2/N(CCCCCC(=O)O)c3ccc4c(S(=O)(=O)[O-])cc(S(=O)(=O)[O-])cc4c3C2(C)CCCS(=O)(=O)[O-])C(C)(C)c2c1ccc1c(S(=O)(=O)[O-])cc(S(=O)(=O)[O-])cc21. The van der Waals surface area contributed by atoms with Crippen LogP contribution in [0, 0.1) is 0 Å². The van der Waals surface area contributed by atoms with Crippen molar-refractivity contribution in [3.8, 4) is 0 Å². The van der Waals surface area contributed by atoms with Gasteiger partial charge in [0.15, 0.2) is 12.3 Å². The van der Waals surface area contributed by atoms with E-state index in [0.717, 1.165) is 12.1 Å². The number of ether oxygens (including phenoxy) is 1. The third-order valence-corrected chi connectivity index (χ3v) is 16.7. The summed E-state index contributed by atoms with van der Waals surface area (Å²) in [5, 5.41) is 8.90. The number of allylic oxidation sites excluding steroid dienone is 8. The van der Waals surface area contributed by atoms with Crippen LogP contribution < -0.4 is 4.90 Å². The zero-order chi connectivity index (χ0) is 52.7. The van der Waals surface area contributed by atoms with Gasteiger partial charge < -0.3 is 37.5 Å². The molecule has 25 heteroatoms. The Labute approximate surface area is 412 Å². The summed E-state index contributed by atoms with van der Waals surface area (Å²) < 4.78 is 191. The maximum Gasteiger partial charge on any atom is 0.303 e. The number of aliphatic carboxylic acids is 1. The van der Waals surface area contributed by atoms with E-state index in [4.69, 9.17) is 4.74 Å². The summed E-state index contributed by atoms with van der Waals surface area (Å²) in [7, 11) is -24.4. The fraction of sp³-hybridized carbons (Fsp3) is 0.348. The third-order valence-electron chi connectivity index (χ3n) is 12.6. The van der Waals surface area contributed by atoms with Crippen LogP contribution in [-0.4, -0.2) is 119 Å². The van der Waals surface area contributed by atoms with Crippen molar-refractivity contribution in [2.24, 2.45) is 0 Å². The second kappa shape index (κ2) is 20.4. The fourth-order valence-corrected chi connectivity index (χ4v) is 12.7. The first-order valence-corrected chi connectivity index (χ1v) is 28.9. The molecule has 0 amide bonds. The monoisotopic (exact) mass is 1080 g/mol. The largest absolute Gasteiger partial charge is 0.748 e. The molecule has 1 N–H and O–H groups in total. The van der Waals surface area contributed by atoms with Crippen molar-refractivity contribution in [2.75, 3.05) is 37.5 Å². The zero-order valence-corrected chi connectivity index (χ0v) is 42.6. The van der Waals surface area contributed by atoms with Gasteiger partial charge in [-0.15, -0.1) is 0 Å². The van der Waals surface area contributed by atoms with Crippen LogP contribution in [0.1, 0.15) is 70.4 Å². The number of anilines is 1. The van der Waals surface area contributed by atoms with E-state index >= 15 is 0 Å². The van der Waals surface area contributed by atoms with Crippen LogP contribution in [-0.2, 0) is 71.0 Å². The van der Waals surface area contributed by atoms with Crippen molar-refractivity contribution >= 4 is 95.2 Å². The van der Waals surface area contributed by atoms with Crippen molar-refractivity contribution < 1.29 is 84.1 Å². The van der Waals surface area contributed by atoms with Gasteiger partial charge in [-0.05, 0) is 111 Å². The molecule has 71 heavy (non-hydrogen) atoms. The normalized spacial score (nSPS) is 18.3. The summed E-state index contributed by atoms with van der Waals surface area (Å²) in [6.45, 7) is 5.95. The predicted octanol–water partition coefficient (Wildman–Crippen LogP) is 4.93. The highest BCUT2D eigenvalue weighted by Crippen LogP contribution is 2.54. The molecular formula is C46H48N2O18S5-4. The molecule has 0 aliphatic carbocycles. The van der Waals surface area contributed by atoms with Crippen molar-refractivity contribution in [2.45, 2.75) is 89.7 Å². The predicted molar refractivity (Wildman–Crippen MR) is 255 cm³/mol. The van der Waals surface area contributed by atoms with E-state index < -0.39 is 92.7 Å². The minimum absolute atomic E-state index is 0.0703. The Hall–Kier alpha value is -5.19. The van der Waals surface area contributed by atoms with Crippen LogP contribution >= 0.6 is 0 Å². The molecule has 4 aromatic carbocycles. The molecule has 2 heterocycles. The van der Waals surface area contributed by atoms with Gasteiger partial charge in [0, 0.05) is 65.7 Å². The molecule has 2 aliphatic heterocycles. The number of nitrogens with zero attached hydrogens (tertiary/aromatic N) is 2. The average molecular weight is 1080 g/mol. The van der Waals surface area contributed by atoms with E-state index in [1.807, 2.05) is 4.58 Å². The molecule has 0 aromatic heterocycles. The molecule has 2 aliphatic rings. The first kappa shape index (κ1) is 55.1. The van der Waals surface area contributed by atoms with E-state index in [9.17, 15) is 74.8 Å². The molecule has 0 spiro atoms. The Balaban J connectivity index is 1.44. The smallest absolute Gasteiger partial charge is 0.303 e. The van der Waals surface area contributed by atoms with Gasteiger partial charge in [0.05, 0.1) is 35.1 Å². The van der Waals surface area contributed by atoms with Crippen LogP contribution in [0.3, 0.4) is 0 Å². The van der Waals surface area contributed by atoms with Crippen molar-refractivity contribution in [3.05, 3.63) is 108 Å². The Bertz CT molecular complexity index is 3580. The molecule has 0 saturated carbocycles. The number of hydrogen-bond acceptors (Lipinski definition) is 18. The Morgan fingerprint density at radius 2 is 1.23 bits per heavy atom. The van der Waals surface area contributed by atoms with Gasteiger partial charge in [-0.3, -0.25) is 4.79 Å². The Kier molecular flexibility index (Phi) is 15.8.